The Balaban J connectivity index is 1.32. The van der Waals surface area contributed by atoms with Crippen LogP contribution in [0.15, 0.2) is 71.8 Å². The number of aromatic nitrogens is 3. The van der Waals surface area contributed by atoms with Crippen LogP contribution >= 0.6 is 11.6 Å². The summed E-state index contributed by atoms with van der Waals surface area (Å²) in [7, 11) is 0. The zero-order chi connectivity index (χ0) is 22.1. The molecule has 1 saturated heterocycles. The van der Waals surface area contributed by atoms with E-state index in [1.54, 1.807) is 18.5 Å². The van der Waals surface area contributed by atoms with Gasteiger partial charge in [-0.2, -0.15) is 9.78 Å². The van der Waals surface area contributed by atoms with Crippen LogP contribution in [0.1, 0.15) is 5.56 Å². The average molecular weight is 450 g/mol. The van der Waals surface area contributed by atoms with Crippen molar-refractivity contribution in [3.05, 3.63) is 93.7 Å². The number of fused-ring (bicyclic) bond motifs is 1. The highest BCUT2D eigenvalue weighted by Gasteiger charge is 2.22. The van der Waals surface area contributed by atoms with Gasteiger partial charge in [0, 0.05) is 44.3 Å². The van der Waals surface area contributed by atoms with Gasteiger partial charge >= 0.3 is 0 Å². The third-order valence-electron chi connectivity index (χ3n) is 5.76. The molecule has 0 amide bonds. The second-order valence-electron chi connectivity index (χ2n) is 7.80. The van der Waals surface area contributed by atoms with E-state index >= 15 is 0 Å². The number of nitrogens with zero attached hydrogens (tertiary/aromatic N) is 5. The molecule has 1 aliphatic heterocycles. The van der Waals surface area contributed by atoms with Gasteiger partial charge in [0.15, 0.2) is 0 Å². The van der Waals surface area contributed by atoms with Gasteiger partial charge in [-0.05, 0) is 35.9 Å². The van der Waals surface area contributed by atoms with Crippen molar-refractivity contribution < 1.29 is 4.39 Å². The first-order valence-corrected chi connectivity index (χ1v) is 10.8. The van der Waals surface area contributed by atoms with Crippen LogP contribution in [0.25, 0.3) is 16.6 Å². The summed E-state index contributed by atoms with van der Waals surface area (Å²) in [5, 5.41) is 5.30. The molecule has 3 heterocycles. The normalized spacial score (nSPS) is 14.8. The van der Waals surface area contributed by atoms with Crippen molar-refractivity contribution in [1.29, 1.82) is 0 Å². The summed E-state index contributed by atoms with van der Waals surface area (Å²) in [5.41, 5.74) is 2.68. The molecule has 0 saturated carbocycles. The van der Waals surface area contributed by atoms with Gasteiger partial charge in [0.1, 0.15) is 10.8 Å². The molecule has 0 atom stereocenters. The van der Waals surface area contributed by atoms with Crippen molar-refractivity contribution >= 4 is 28.2 Å². The highest BCUT2D eigenvalue weighted by molar-refractivity contribution is 6.33. The van der Waals surface area contributed by atoms with Crippen molar-refractivity contribution in [2.45, 2.75) is 6.54 Å². The zero-order valence-electron chi connectivity index (χ0n) is 17.3. The van der Waals surface area contributed by atoms with Crippen molar-refractivity contribution in [3.63, 3.8) is 0 Å². The lowest BCUT2D eigenvalue weighted by Gasteiger charge is -2.36. The number of halogens is 2. The van der Waals surface area contributed by atoms with Gasteiger partial charge in [-0.15, -0.1) is 0 Å². The summed E-state index contributed by atoms with van der Waals surface area (Å²) < 4.78 is 15.4. The van der Waals surface area contributed by atoms with Crippen LogP contribution in [-0.4, -0.2) is 45.8 Å². The first kappa shape index (κ1) is 20.6. The van der Waals surface area contributed by atoms with Crippen molar-refractivity contribution in [2.24, 2.45) is 0 Å². The third kappa shape index (κ3) is 3.97. The lowest BCUT2D eigenvalue weighted by Crippen LogP contribution is -2.46. The minimum atomic E-state index is -0.338. The van der Waals surface area contributed by atoms with Crippen LogP contribution in [0, 0.1) is 5.82 Å². The molecule has 0 aliphatic carbocycles. The van der Waals surface area contributed by atoms with E-state index in [1.165, 1.54) is 10.7 Å². The molecule has 1 fully saturated rings. The second-order valence-corrected chi connectivity index (χ2v) is 8.18. The zero-order valence-corrected chi connectivity index (χ0v) is 18.0. The fraction of sp³-hybridized carbons (Fsp3) is 0.208. The Hall–Kier alpha value is -3.29. The van der Waals surface area contributed by atoms with Gasteiger partial charge in [-0.1, -0.05) is 35.9 Å². The summed E-state index contributed by atoms with van der Waals surface area (Å²) in [4.78, 5) is 21.6. The molecule has 162 valence electrons. The molecular formula is C24H21ClFN5O. The standard InChI is InChI=1S/C24H21ClFN5O/c25-22-21(15-28-31(24(22)32)20-6-2-1-3-7-20)30-11-9-29(10-12-30)16-18-14-19(26)13-17-5-4-8-27-23(17)18/h1-8,13-15H,9-12,16H2. The minimum absolute atomic E-state index is 0.164. The summed E-state index contributed by atoms with van der Waals surface area (Å²) in [5.74, 6) is -0.254. The smallest absolute Gasteiger partial charge is 0.292 e. The summed E-state index contributed by atoms with van der Waals surface area (Å²) in [6.45, 7) is 3.50. The first-order chi connectivity index (χ1) is 15.6. The number of rotatable bonds is 4. The molecule has 2 aromatic carbocycles. The Bertz CT molecular complexity index is 1320. The monoisotopic (exact) mass is 449 g/mol. The maximum atomic E-state index is 14.1. The van der Waals surface area contributed by atoms with Crippen molar-refractivity contribution in [2.75, 3.05) is 31.1 Å². The van der Waals surface area contributed by atoms with E-state index < -0.39 is 0 Å². The van der Waals surface area contributed by atoms with Gasteiger partial charge in [-0.3, -0.25) is 14.7 Å². The Labute approximate surface area is 189 Å². The van der Waals surface area contributed by atoms with Gasteiger partial charge in [0.25, 0.3) is 5.56 Å². The number of benzene rings is 2. The fourth-order valence-electron chi connectivity index (χ4n) is 4.13. The van der Waals surface area contributed by atoms with E-state index in [4.69, 9.17) is 11.6 Å². The highest BCUT2D eigenvalue weighted by atomic mass is 35.5. The molecule has 5 rings (SSSR count). The molecule has 8 heteroatoms. The lowest BCUT2D eigenvalue weighted by molar-refractivity contribution is 0.250. The molecule has 32 heavy (non-hydrogen) atoms. The predicted molar refractivity (Wildman–Crippen MR) is 124 cm³/mol. The number of pyridine rings is 1. The van der Waals surface area contributed by atoms with Crippen LogP contribution in [0.2, 0.25) is 5.02 Å². The average Bonchev–Trinajstić information content (AvgIpc) is 2.82. The maximum Gasteiger partial charge on any atom is 0.292 e. The second kappa shape index (κ2) is 8.68. The summed E-state index contributed by atoms with van der Waals surface area (Å²) in [6, 6.07) is 16.0. The van der Waals surface area contributed by atoms with Crippen LogP contribution in [0.4, 0.5) is 10.1 Å². The third-order valence-corrected chi connectivity index (χ3v) is 6.11. The van der Waals surface area contributed by atoms with Gasteiger partial charge in [-0.25, -0.2) is 4.39 Å². The molecule has 0 radical (unpaired) electrons. The summed E-state index contributed by atoms with van der Waals surface area (Å²) >= 11 is 6.45. The fourth-order valence-corrected chi connectivity index (χ4v) is 4.38. The minimum Gasteiger partial charge on any atom is -0.366 e. The first-order valence-electron chi connectivity index (χ1n) is 10.4. The number of para-hydroxylation sites is 1. The van der Waals surface area contributed by atoms with Crippen molar-refractivity contribution in [1.82, 2.24) is 19.7 Å². The SMILES string of the molecule is O=c1c(Cl)c(N2CCN(Cc3cc(F)cc4cccnc34)CC2)cnn1-c1ccccc1. The van der Waals surface area contributed by atoms with E-state index in [0.717, 1.165) is 29.6 Å². The number of hydrogen-bond acceptors (Lipinski definition) is 5. The molecule has 0 spiro atoms. The van der Waals surface area contributed by atoms with Crippen LogP contribution in [-0.2, 0) is 6.54 Å². The van der Waals surface area contributed by atoms with E-state index in [0.29, 0.717) is 31.0 Å². The van der Waals surface area contributed by atoms with Crippen LogP contribution < -0.4 is 10.5 Å². The molecule has 6 nitrogen and oxygen atoms in total. The van der Waals surface area contributed by atoms with Crippen molar-refractivity contribution in [3.8, 4) is 5.69 Å². The molecule has 4 aromatic rings. The van der Waals surface area contributed by atoms with Gasteiger partial charge in [0.05, 0.1) is 23.1 Å². The summed E-state index contributed by atoms with van der Waals surface area (Å²) in [6.07, 6.45) is 3.38. The Kier molecular flexibility index (Phi) is 5.59. The van der Waals surface area contributed by atoms with E-state index in [1.807, 2.05) is 42.5 Å². The molecular weight excluding hydrogens is 429 g/mol. The topological polar surface area (TPSA) is 54.3 Å². The Morgan fingerprint density at radius 2 is 1.78 bits per heavy atom. The van der Waals surface area contributed by atoms with Crippen LogP contribution in [0.5, 0.6) is 0 Å². The maximum absolute atomic E-state index is 14.1. The molecule has 0 N–H and O–H groups in total. The number of anilines is 1. The van der Waals surface area contributed by atoms with Gasteiger partial charge in [0.2, 0.25) is 0 Å². The number of piperazine rings is 1. The number of hydrogen-bond donors (Lipinski definition) is 0. The molecule has 0 bridgehead atoms. The highest BCUT2D eigenvalue weighted by Crippen LogP contribution is 2.25. The molecule has 2 aromatic heterocycles. The van der Waals surface area contributed by atoms with Gasteiger partial charge < -0.3 is 4.90 Å². The molecule has 1 aliphatic rings. The largest absolute Gasteiger partial charge is 0.366 e. The Morgan fingerprint density at radius 1 is 1.00 bits per heavy atom. The quantitative estimate of drug-likeness (QED) is 0.473. The Morgan fingerprint density at radius 3 is 2.56 bits per heavy atom. The van der Waals surface area contributed by atoms with E-state index in [-0.39, 0.29) is 16.4 Å². The van der Waals surface area contributed by atoms with E-state index in [9.17, 15) is 9.18 Å². The van der Waals surface area contributed by atoms with E-state index in [2.05, 4.69) is 19.9 Å². The molecule has 0 unspecified atom stereocenters. The lowest BCUT2D eigenvalue weighted by atomic mass is 10.1. The van der Waals surface area contributed by atoms with Crippen LogP contribution in [0.3, 0.4) is 0 Å². The predicted octanol–water partition coefficient (Wildman–Crippen LogP) is 3.90.